The Balaban J connectivity index is 2.55. The van der Waals surface area contributed by atoms with E-state index in [0.717, 1.165) is 18.5 Å². The molecular formula is C11H18BrN3OS. The van der Waals surface area contributed by atoms with E-state index in [2.05, 4.69) is 51.6 Å². The number of nitrogens with one attached hydrogen (secondary N) is 1. The second-order valence-electron chi connectivity index (χ2n) is 4.27. The summed E-state index contributed by atoms with van der Waals surface area (Å²) >= 11 is 4.71. The number of amides is 1. The van der Waals surface area contributed by atoms with Crippen LogP contribution in [0.2, 0.25) is 0 Å². The minimum absolute atomic E-state index is 0.0615. The second kappa shape index (κ2) is 7.06. The van der Waals surface area contributed by atoms with Gasteiger partial charge in [-0.2, -0.15) is 0 Å². The Hall–Kier alpha value is -0.490. The molecule has 4 nitrogen and oxygen atoms in total. The third-order valence-corrected chi connectivity index (χ3v) is 4.58. The molecule has 0 fully saturated rings. The Kier molecular flexibility index (Phi) is 6.05. The molecule has 1 atom stereocenters. The van der Waals surface area contributed by atoms with Gasteiger partial charge in [-0.05, 0) is 23.9 Å². The molecule has 1 heterocycles. The molecule has 0 bridgehead atoms. The number of carbonyl (C=O) groups is 1. The van der Waals surface area contributed by atoms with E-state index < -0.39 is 0 Å². The van der Waals surface area contributed by atoms with E-state index in [1.54, 1.807) is 0 Å². The van der Waals surface area contributed by atoms with Crippen molar-refractivity contribution in [2.75, 3.05) is 6.54 Å². The van der Waals surface area contributed by atoms with Gasteiger partial charge >= 0.3 is 0 Å². The Bertz CT molecular complexity index is 367. The van der Waals surface area contributed by atoms with E-state index in [9.17, 15) is 4.79 Å². The fourth-order valence-electron chi connectivity index (χ4n) is 1.29. The lowest BCUT2D eigenvalue weighted by Crippen LogP contribution is -2.31. The van der Waals surface area contributed by atoms with Crippen LogP contribution in [0.5, 0.6) is 0 Å². The van der Waals surface area contributed by atoms with Crippen LogP contribution < -0.4 is 5.32 Å². The largest absolute Gasteiger partial charge is 0.350 e. The molecule has 1 N–H and O–H groups in total. The Morgan fingerprint density at radius 1 is 1.53 bits per heavy atom. The summed E-state index contributed by atoms with van der Waals surface area (Å²) in [5.41, 5.74) is 0.811. The fraction of sp³-hybridized carbons (Fsp3) is 0.727. The summed E-state index contributed by atoms with van der Waals surface area (Å²) in [6.07, 6.45) is 1.78. The Morgan fingerprint density at radius 3 is 2.82 bits per heavy atom. The summed E-state index contributed by atoms with van der Waals surface area (Å²) in [5, 5.41) is 6.89. The number of alkyl halides is 1. The molecule has 6 heteroatoms. The van der Waals surface area contributed by atoms with Gasteiger partial charge < -0.3 is 5.32 Å². The minimum atomic E-state index is -0.0615. The average molecular weight is 320 g/mol. The van der Waals surface area contributed by atoms with E-state index in [1.807, 2.05) is 0 Å². The van der Waals surface area contributed by atoms with Crippen LogP contribution in [0.25, 0.3) is 0 Å². The van der Waals surface area contributed by atoms with Crippen LogP contribution in [-0.4, -0.2) is 26.9 Å². The zero-order chi connectivity index (χ0) is 12.8. The van der Waals surface area contributed by atoms with Gasteiger partial charge in [0, 0.05) is 11.4 Å². The van der Waals surface area contributed by atoms with Crippen LogP contribution >= 0.6 is 27.5 Å². The van der Waals surface area contributed by atoms with Crippen LogP contribution in [0.3, 0.4) is 0 Å². The maximum atomic E-state index is 11.9. The molecule has 96 valence electrons. The number of nitrogens with zero attached hydrogens (tertiary/aromatic N) is 2. The Morgan fingerprint density at radius 2 is 2.24 bits per heavy atom. The third-order valence-electron chi connectivity index (χ3n) is 2.43. The van der Waals surface area contributed by atoms with Crippen molar-refractivity contribution >= 4 is 33.4 Å². The predicted octanol–water partition coefficient (Wildman–Crippen LogP) is 2.64. The van der Waals surface area contributed by atoms with Crippen molar-refractivity contribution in [1.29, 1.82) is 0 Å². The van der Waals surface area contributed by atoms with Gasteiger partial charge in [-0.15, -0.1) is 5.10 Å². The van der Waals surface area contributed by atoms with E-state index in [1.165, 1.54) is 11.5 Å². The number of hydrogen-bond acceptors (Lipinski definition) is 4. The van der Waals surface area contributed by atoms with Crippen molar-refractivity contribution in [3.63, 3.8) is 0 Å². The molecule has 1 unspecified atom stereocenters. The zero-order valence-corrected chi connectivity index (χ0v) is 12.8. The number of carbonyl (C=O) groups excluding carboxylic acids is 1. The van der Waals surface area contributed by atoms with Gasteiger partial charge in [-0.3, -0.25) is 4.79 Å². The summed E-state index contributed by atoms with van der Waals surface area (Å²) in [5.74, 6) is 0.429. The first-order valence-corrected chi connectivity index (χ1v) is 7.48. The summed E-state index contributed by atoms with van der Waals surface area (Å²) in [6, 6.07) is 0. The van der Waals surface area contributed by atoms with E-state index in [-0.39, 0.29) is 5.91 Å². The van der Waals surface area contributed by atoms with E-state index in [0.29, 0.717) is 22.2 Å². The summed E-state index contributed by atoms with van der Waals surface area (Å²) in [7, 11) is 0. The van der Waals surface area contributed by atoms with Crippen LogP contribution in [0.4, 0.5) is 0 Å². The van der Waals surface area contributed by atoms with Gasteiger partial charge in [0.25, 0.3) is 5.91 Å². The lowest BCUT2D eigenvalue weighted by molar-refractivity contribution is 0.0956. The topological polar surface area (TPSA) is 54.9 Å². The standard InChI is InChI=1S/C11H18BrN3OS/c1-4-5-9-10(17-15-14-9)11(16)13-6-8(12)7(2)3/h7-8H,4-6H2,1-3H3,(H,13,16). The fourth-order valence-corrected chi connectivity index (χ4v) is 2.07. The number of aromatic nitrogens is 2. The minimum Gasteiger partial charge on any atom is -0.350 e. The third kappa shape index (κ3) is 4.35. The van der Waals surface area contributed by atoms with Crippen LogP contribution in [0.15, 0.2) is 0 Å². The SMILES string of the molecule is CCCc1nnsc1C(=O)NCC(Br)C(C)C. The molecule has 0 aliphatic heterocycles. The number of halogens is 1. The van der Waals surface area contributed by atoms with Crippen molar-refractivity contribution in [3.05, 3.63) is 10.6 Å². The molecule has 0 aliphatic carbocycles. The van der Waals surface area contributed by atoms with E-state index in [4.69, 9.17) is 0 Å². The number of hydrogen-bond donors (Lipinski definition) is 1. The monoisotopic (exact) mass is 319 g/mol. The van der Waals surface area contributed by atoms with Gasteiger partial charge in [0.05, 0.1) is 5.69 Å². The maximum absolute atomic E-state index is 11.9. The highest BCUT2D eigenvalue weighted by molar-refractivity contribution is 9.09. The molecule has 1 aromatic heterocycles. The first-order chi connectivity index (χ1) is 8.06. The average Bonchev–Trinajstić information content (AvgIpc) is 2.74. The second-order valence-corrected chi connectivity index (χ2v) is 6.20. The zero-order valence-electron chi connectivity index (χ0n) is 10.4. The van der Waals surface area contributed by atoms with Crippen molar-refractivity contribution in [2.24, 2.45) is 5.92 Å². The molecule has 0 saturated heterocycles. The number of rotatable bonds is 6. The first kappa shape index (κ1) is 14.6. The Labute approximate surface area is 114 Å². The van der Waals surface area contributed by atoms with Crippen molar-refractivity contribution in [3.8, 4) is 0 Å². The van der Waals surface area contributed by atoms with Crippen LogP contribution in [0.1, 0.15) is 42.6 Å². The molecule has 0 radical (unpaired) electrons. The molecular weight excluding hydrogens is 302 g/mol. The molecule has 0 aromatic carbocycles. The van der Waals surface area contributed by atoms with Gasteiger partial charge in [0.15, 0.2) is 0 Å². The predicted molar refractivity (Wildman–Crippen MR) is 73.8 cm³/mol. The normalized spacial score (nSPS) is 12.8. The summed E-state index contributed by atoms with van der Waals surface area (Å²) < 4.78 is 3.84. The molecule has 0 aliphatic rings. The van der Waals surface area contributed by atoms with Gasteiger partial charge in [-0.25, -0.2) is 0 Å². The maximum Gasteiger partial charge on any atom is 0.264 e. The molecule has 0 spiro atoms. The van der Waals surface area contributed by atoms with Crippen LogP contribution in [0, 0.1) is 5.92 Å². The van der Waals surface area contributed by atoms with Gasteiger partial charge in [0.1, 0.15) is 4.88 Å². The highest BCUT2D eigenvalue weighted by Crippen LogP contribution is 2.14. The molecule has 1 rings (SSSR count). The van der Waals surface area contributed by atoms with Gasteiger partial charge in [0.2, 0.25) is 0 Å². The summed E-state index contributed by atoms with van der Waals surface area (Å²) in [6.45, 7) is 6.92. The highest BCUT2D eigenvalue weighted by Gasteiger charge is 2.17. The lowest BCUT2D eigenvalue weighted by atomic mass is 10.1. The van der Waals surface area contributed by atoms with E-state index >= 15 is 0 Å². The molecule has 1 aromatic rings. The quantitative estimate of drug-likeness (QED) is 0.820. The van der Waals surface area contributed by atoms with Crippen molar-refractivity contribution in [1.82, 2.24) is 14.9 Å². The smallest absolute Gasteiger partial charge is 0.264 e. The van der Waals surface area contributed by atoms with Crippen molar-refractivity contribution in [2.45, 2.75) is 38.4 Å². The van der Waals surface area contributed by atoms with Crippen LogP contribution in [-0.2, 0) is 6.42 Å². The highest BCUT2D eigenvalue weighted by atomic mass is 79.9. The molecule has 17 heavy (non-hydrogen) atoms. The van der Waals surface area contributed by atoms with Gasteiger partial charge in [-0.1, -0.05) is 47.6 Å². The summed E-state index contributed by atoms with van der Waals surface area (Å²) in [4.78, 5) is 12.9. The molecule has 1 amide bonds. The first-order valence-electron chi connectivity index (χ1n) is 5.79. The van der Waals surface area contributed by atoms with Crippen molar-refractivity contribution < 1.29 is 4.79 Å². The lowest BCUT2D eigenvalue weighted by Gasteiger charge is -2.13. The number of aryl methyl sites for hydroxylation is 1. The molecule has 0 saturated carbocycles.